The van der Waals surface area contributed by atoms with Crippen LogP contribution in [0.4, 0.5) is 0 Å². The zero-order chi connectivity index (χ0) is 17.1. The van der Waals surface area contributed by atoms with Crippen molar-refractivity contribution in [3.05, 3.63) is 0 Å². The van der Waals surface area contributed by atoms with Gasteiger partial charge in [0.1, 0.15) is 11.9 Å². The first-order valence-electron chi connectivity index (χ1n) is 10.0. The molecule has 4 rings (SSSR count). The highest BCUT2D eigenvalue weighted by atomic mass is 16.5. The number of ether oxygens (including phenoxy) is 1. The van der Waals surface area contributed by atoms with Crippen molar-refractivity contribution in [3.63, 3.8) is 0 Å². The number of fused-ring (bicyclic) bond motifs is 5. The number of carbonyl (C=O) groups is 2. The second-order valence-corrected chi connectivity index (χ2v) is 9.62. The van der Waals surface area contributed by atoms with Crippen molar-refractivity contribution in [1.29, 1.82) is 0 Å². The van der Waals surface area contributed by atoms with Crippen LogP contribution in [0.25, 0.3) is 0 Å². The summed E-state index contributed by atoms with van der Waals surface area (Å²) >= 11 is 0. The van der Waals surface area contributed by atoms with Crippen molar-refractivity contribution in [2.75, 3.05) is 0 Å². The molecule has 0 radical (unpaired) electrons. The minimum Gasteiger partial charge on any atom is -0.462 e. The largest absolute Gasteiger partial charge is 0.462 e. The van der Waals surface area contributed by atoms with Gasteiger partial charge in [-0.3, -0.25) is 9.59 Å². The topological polar surface area (TPSA) is 43.4 Å². The van der Waals surface area contributed by atoms with Crippen LogP contribution in [0.2, 0.25) is 0 Å². The summed E-state index contributed by atoms with van der Waals surface area (Å²) in [7, 11) is 0. The van der Waals surface area contributed by atoms with Gasteiger partial charge < -0.3 is 4.74 Å². The Hall–Kier alpha value is -0.860. The highest BCUT2D eigenvalue weighted by Gasteiger charge is 2.60. The van der Waals surface area contributed by atoms with Crippen LogP contribution < -0.4 is 0 Å². The number of ketones is 1. The fourth-order valence-electron chi connectivity index (χ4n) is 7.39. The lowest BCUT2D eigenvalue weighted by atomic mass is 9.45. The van der Waals surface area contributed by atoms with Crippen LogP contribution in [0.1, 0.15) is 78.6 Å². The van der Waals surface area contributed by atoms with E-state index in [2.05, 4.69) is 13.8 Å². The van der Waals surface area contributed by atoms with E-state index in [1.54, 1.807) is 6.92 Å². The number of carbonyl (C=O) groups excluding carboxylic acids is 2. The van der Waals surface area contributed by atoms with E-state index >= 15 is 0 Å². The molecule has 4 aliphatic carbocycles. The number of rotatable bonds is 1. The average Bonchev–Trinajstić information content (AvgIpc) is 2.84. The van der Waals surface area contributed by atoms with Gasteiger partial charge in [0, 0.05) is 25.2 Å². The Morgan fingerprint density at radius 3 is 2.50 bits per heavy atom. The summed E-state index contributed by atoms with van der Waals surface area (Å²) in [5.74, 6) is 3.25. The summed E-state index contributed by atoms with van der Waals surface area (Å²) in [6.45, 7) is 6.42. The first kappa shape index (κ1) is 16.6. The third-order valence-corrected chi connectivity index (χ3v) is 8.70. The molecule has 0 bridgehead atoms. The maximum atomic E-state index is 12.0. The molecule has 4 fully saturated rings. The Morgan fingerprint density at radius 2 is 1.75 bits per heavy atom. The minimum atomic E-state index is -0.120. The van der Waals surface area contributed by atoms with Gasteiger partial charge in [0.05, 0.1) is 0 Å². The first-order valence-corrected chi connectivity index (χ1v) is 10.0. The van der Waals surface area contributed by atoms with E-state index in [0.29, 0.717) is 23.0 Å². The highest BCUT2D eigenvalue weighted by molar-refractivity contribution is 5.79. The zero-order valence-electron chi connectivity index (χ0n) is 15.5. The predicted octanol–water partition coefficient (Wildman–Crippen LogP) is 4.53. The number of hydrogen-bond acceptors (Lipinski definition) is 3. The van der Waals surface area contributed by atoms with Crippen LogP contribution in [0.3, 0.4) is 0 Å². The smallest absolute Gasteiger partial charge is 0.302 e. The molecule has 0 heterocycles. The van der Waals surface area contributed by atoms with E-state index in [-0.39, 0.29) is 17.5 Å². The van der Waals surface area contributed by atoms with Gasteiger partial charge in [0.25, 0.3) is 0 Å². The quantitative estimate of drug-likeness (QED) is 0.663. The fourth-order valence-corrected chi connectivity index (χ4v) is 7.39. The summed E-state index contributed by atoms with van der Waals surface area (Å²) in [5, 5.41) is 0. The van der Waals surface area contributed by atoms with Crippen molar-refractivity contribution < 1.29 is 14.3 Å². The molecule has 134 valence electrons. The van der Waals surface area contributed by atoms with Crippen LogP contribution in [-0.4, -0.2) is 17.9 Å². The van der Waals surface area contributed by atoms with Gasteiger partial charge in [-0.05, 0) is 74.0 Å². The Morgan fingerprint density at radius 1 is 1.00 bits per heavy atom. The van der Waals surface area contributed by atoms with Gasteiger partial charge in [0.15, 0.2) is 0 Å². The van der Waals surface area contributed by atoms with Crippen molar-refractivity contribution in [2.45, 2.75) is 84.7 Å². The SMILES string of the molecule is CC(=O)O[C@H]1CC[C@@H]2[C@@H]3CC[C@H]4CC(=O)CC[C@]4(C)[C@@H]3CC[C@]12C. The molecule has 3 nitrogen and oxygen atoms in total. The summed E-state index contributed by atoms with van der Waals surface area (Å²) < 4.78 is 5.73. The second kappa shape index (κ2) is 5.57. The molecule has 4 aliphatic rings. The standard InChI is InChI=1S/C21H32O3/c1-13(22)24-19-7-6-17-16-5-4-14-12-15(23)8-10-20(14,2)18(16)9-11-21(17,19)3/h14,16-19H,4-12H2,1-3H3/t14-,16-,17+,18+,19-,20-,21-/m0/s1. The summed E-state index contributed by atoms with van der Waals surface area (Å²) in [6.07, 6.45) is 10.1. The maximum absolute atomic E-state index is 12.0. The van der Waals surface area contributed by atoms with Crippen molar-refractivity contribution in [1.82, 2.24) is 0 Å². The average molecular weight is 332 g/mol. The lowest BCUT2D eigenvalue weighted by molar-refractivity contribution is -0.162. The molecule has 0 aromatic heterocycles. The van der Waals surface area contributed by atoms with Crippen LogP contribution in [0.5, 0.6) is 0 Å². The number of esters is 1. The van der Waals surface area contributed by atoms with E-state index in [0.717, 1.165) is 37.5 Å². The van der Waals surface area contributed by atoms with E-state index in [4.69, 9.17) is 4.74 Å². The van der Waals surface area contributed by atoms with Gasteiger partial charge in [-0.15, -0.1) is 0 Å². The molecule has 0 aliphatic heterocycles. The molecule has 0 aromatic rings. The predicted molar refractivity (Wildman–Crippen MR) is 92.3 cm³/mol. The maximum Gasteiger partial charge on any atom is 0.302 e. The first-order chi connectivity index (χ1) is 11.3. The van der Waals surface area contributed by atoms with Gasteiger partial charge in [-0.25, -0.2) is 0 Å². The summed E-state index contributed by atoms with van der Waals surface area (Å²) in [6, 6.07) is 0. The van der Waals surface area contributed by atoms with E-state index < -0.39 is 0 Å². The highest BCUT2D eigenvalue weighted by Crippen LogP contribution is 2.66. The lowest BCUT2D eigenvalue weighted by Crippen LogP contribution is -2.54. The van der Waals surface area contributed by atoms with Crippen LogP contribution in [0.15, 0.2) is 0 Å². The monoisotopic (exact) mass is 332 g/mol. The Labute approximate surface area is 145 Å². The number of hydrogen-bond donors (Lipinski definition) is 0. The minimum absolute atomic E-state index is 0.120. The molecule has 0 amide bonds. The van der Waals surface area contributed by atoms with E-state index in [9.17, 15) is 9.59 Å². The molecule has 0 unspecified atom stereocenters. The van der Waals surface area contributed by atoms with Crippen molar-refractivity contribution in [2.24, 2.45) is 34.5 Å². The molecule has 0 spiro atoms. The molecule has 4 saturated carbocycles. The van der Waals surface area contributed by atoms with Crippen molar-refractivity contribution >= 4 is 11.8 Å². The van der Waals surface area contributed by atoms with Gasteiger partial charge in [-0.2, -0.15) is 0 Å². The Balaban J connectivity index is 1.58. The van der Waals surface area contributed by atoms with Crippen LogP contribution in [-0.2, 0) is 14.3 Å². The Bertz CT molecular complexity index is 555. The molecule has 3 heteroatoms. The van der Waals surface area contributed by atoms with Crippen molar-refractivity contribution in [3.8, 4) is 0 Å². The van der Waals surface area contributed by atoms with Gasteiger partial charge >= 0.3 is 5.97 Å². The van der Waals surface area contributed by atoms with Crippen LogP contribution >= 0.6 is 0 Å². The lowest BCUT2D eigenvalue weighted by Gasteiger charge is -2.60. The normalized spacial score (nSPS) is 50.6. The molecule has 0 saturated heterocycles. The van der Waals surface area contributed by atoms with Gasteiger partial charge in [0.2, 0.25) is 0 Å². The van der Waals surface area contributed by atoms with Gasteiger partial charge in [-0.1, -0.05) is 13.8 Å². The van der Waals surface area contributed by atoms with Crippen LogP contribution in [0, 0.1) is 34.5 Å². The number of Topliss-reactive ketones (excluding diaryl/α,β-unsaturated/α-hetero) is 1. The molecule has 7 atom stereocenters. The third-order valence-electron chi connectivity index (χ3n) is 8.70. The molecular formula is C21H32O3. The molecular weight excluding hydrogens is 300 g/mol. The molecule has 0 aromatic carbocycles. The molecule has 24 heavy (non-hydrogen) atoms. The second-order valence-electron chi connectivity index (χ2n) is 9.62. The van der Waals surface area contributed by atoms with E-state index in [1.807, 2.05) is 0 Å². The third kappa shape index (κ3) is 2.29. The summed E-state index contributed by atoms with van der Waals surface area (Å²) in [5.41, 5.74) is 0.554. The molecule has 0 N–H and O–H groups in total. The summed E-state index contributed by atoms with van der Waals surface area (Å²) in [4.78, 5) is 23.5. The Kier molecular flexibility index (Phi) is 3.85. The van der Waals surface area contributed by atoms with E-state index in [1.165, 1.54) is 32.1 Å². The fraction of sp³-hybridized carbons (Fsp3) is 0.905. The zero-order valence-corrected chi connectivity index (χ0v) is 15.5.